The quantitative estimate of drug-likeness (QED) is 0.616. The molecule has 1 saturated heterocycles. The predicted molar refractivity (Wildman–Crippen MR) is 105 cm³/mol. The molecule has 138 valence electrons. The van der Waals surface area contributed by atoms with Gasteiger partial charge < -0.3 is 4.90 Å². The first kappa shape index (κ1) is 17.8. The lowest BCUT2D eigenvalue weighted by Crippen LogP contribution is -2.36. The molecule has 0 aliphatic carbocycles. The maximum atomic E-state index is 13.0. The molecule has 27 heavy (non-hydrogen) atoms. The lowest BCUT2D eigenvalue weighted by Gasteiger charge is -2.30. The molecule has 0 amide bonds. The monoisotopic (exact) mass is 381 g/mol. The van der Waals surface area contributed by atoms with Gasteiger partial charge in [0.25, 0.3) is 0 Å². The number of piperidine rings is 1. The van der Waals surface area contributed by atoms with E-state index in [4.69, 9.17) is 0 Å². The number of nitrogens with zero attached hydrogens (tertiary/aromatic N) is 3. The molecule has 6 heteroatoms. The molecule has 4 rings (SSSR count). The average Bonchev–Trinajstić information content (AvgIpc) is 3.17. The Morgan fingerprint density at radius 2 is 1.74 bits per heavy atom. The number of Topliss-reactive ketones (excluding diaryl/α,β-unsaturated/α-hetero) is 1. The second-order valence-corrected chi connectivity index (χ2v) is 7.81. The van der Waals surface area contributed by atoms with Gasteiger partial charge in [-0.1, -0.05) is 41.7 Å². The zero-order chi connectivity index (χ0) is 18.6. The van der Waals surface area contributed by atoms with Gasteiger partial charge in [-0.3, -0.25) is 4.79 Å². The van der Waals surface area contributed by atoms with Gasteiger partial charge in [0.1, 0.15) is 10.8 Å². The van der Waals surface area contributed by atoms with E-state index in [0.29, 0.717) is 5.56 Å². The first-order valence-electron chi connectivity index (χ1n) is 9.10. The van der Waals surface area contributed by atoms with Gasteiger partial charge in [0.15, 0.2) is 5.78 Å². The zero-order valence-electron chi connectivity index (χ0n) is 14.8. The van der Waals surface area contributed by atoms with Crippen LogP contribution >= 0.6 is 11.3 Å². The average molecular weight is 381 g/mol. The number of hydrogen-bond donors (Lipinski definition) is 0. The highest BCUT2D eigenvalue weighted by Gasteiger charge is 2.27. The number of aromatic nitrogens is 2. The number of halogens is 1. The van der Waals surface area contributed by atoms with Crippen molar-refractivity contribution in [3.8, 4) is 0 Å². The number of ketones is 1. The van der Waals surface area contributed by atoms with E-state index < -0.39 is 0 Å². The highest BCUT2D eigenvalue weighted by Crippen LogP contribution is 2.28. The summed E-state index contributed by atoms with van der Waals surface area (Å²) in [5, 5.41) is 10.6. The molecule has 3 aromatic rings. The third-order valence-corrected chi connectivity index (χ3v) is 5.90. The van der Waals surface area contributed by atoms with Crippen LogP contribution in [0.15, 0.2) is 54.6 Å². The highest BCUT2D eigenvalue weighted by atomic mass is 32.1. The summed E-state index contributed by atoms with van der Waals surface area (Å²) in [5.41, 5.74) is 1.82. The van der Waals surface area contributed by atoms with Crippen LogP contribution in [0.5, 0.6) is 0 Å². The molecular weight excluding hydrogens is 361 g/mol. The van der Waals surface area contributed by atoms with Gasteiger partial charge in [0, 0.05) is 31.0 Å². The minimum absolute atomic E-state index is 0.0107. The van der Waals surface area contributed by atoms with Crippen LogP contribution in [0.2, 0.25) is 0 Å². The van der Waals surface area contributed by atoms with Gasteiger partial charge in [-0.25, -0.2) is 4.39 Å². The third kappa shape index (κ3) is 4.22. The van der Waals surface area contributed by atoms with Gasteiger partial charge >= 0.3 is 0 Å². The van der Waals surface area contributed by atoms with Crippen molar-refractivity contribution in [2.45, 2.75) is 19.3 Å². The van der Waals surface area contributed by atoms with Crippen LogP contribution in [0.25, 0.3) is 0 Å². The summed E-state index contributed by atoms with van der Waals surface area (Å²) in [6, 6.07) is 16.1. The minimum Gasteiger partial charge on any atom is -0.347 e. The lowest BCUT2D eigenvalue weighted by atomic mass is 9.89. The van der Waals surface area contributed by atoms with Crippen LogP contribution in [0.1, 0.15) is 33.8 Å². The van der Waals surface area contributed by atoms with E-state index in [1.165, 1.54) is 17.7 Å². The van der Waals surface area contributed by atoms with Gasteiger partial charge in [-0.2, -0.15) is 0 Å². The first-order valence-corrected chi connectivity index (χ1v) is 9.92. The number of benzene rings is 2. The first-order chi connectivity index (χ1) is 13.2. The summed E-state index contributed by atoms with van der Waals surface area (Å²) in [5.74, 6) is -0.218. The number of carbonyl (C=O) groups excluding carboxylic acids is 1. The second kappa shape index (κ2) is 7.96. The fraction of sp³-hybridized carbons (Fsp3) is 0.286. The molecule has 1 aliphatic rings. The van der Waals surface area contributed by atoms with E-state index in [9.17, 15) is 9.18 Å². The van der Waals surface area contributed by atoms with E-state index in [1.807, 2.05) is 18.2 Å². The normalized spacial score (nSPS) is 15.1. The summed E-state index contributed by atoms with van der Waals surface area (Å²) in [6.07, 6.45) is 2.35. The predicted octanol–water partition coefficient (Wildman–Crippen LogP) is 4.37. The Bertz CT molecular complexity index is 903. The maximum Gasteiger partial charge on any atom is 0.208 e. The second-order valence-electron chi connectivity index (χ2n) is 6.77. The van der Waals surface area contributed by atoms with Crippen LogP contribution in [0.3, 0.4) is 0 Å². The van der Waals surface area contributed by atoms with Crippen molar-refractivity contribution in [3.05, 3.63) is 76.5 Å². The van der Waals surface area contributed by atoms with E-state index in [2.05, 4.69) is 27.2 Å². The molecule has 1 aliphatic heterocycles. The van der Waals surface area contributed by atoms with Crippen LogP contribution in [0, 0.1) is 11.7 Å². The van der Waals surface area contributed by atoms with Crippen molar-refractivity contribution in [2.24, 2.45) is 5.92 Å². The summed E-state index contributed by atoms with van der Waals surface area (Å²) in [4.78, 5) is 14.8. The van der Waals surface area contributed by atoms with Gasteiger partial charge in [-0.15, -0.1) is 10.2 Å². The number of anilines is 1. The molecule has 0 atom stereocenters. The van der Waals surface area contributed by atoms with Crippen molar-refractivity contribution in [1.82, 2.24) is 10.2 Å². The molecule has 0 bridgehead atoms. The SMILES string of the molecule is O=C(c1ccc(F)cc1)C1CCN(c2nnc(Cc3ccccc3)s2)CC1. The number of hydrogen-bond acceptors (Lipinski definition) is 5. The molecule has 1 fully saturated rings. The Morgan fingerprint density at radius 1 is 1.04 bits per heavy atom. The topological polar surface area (TPSA) is 46.1 Å². The van der Waals surface area contributed by atoms with Crippen molar-refractivity contribution in [2.75, 3.05) is 18.0 Å². The highest BCUT2D eigenvalue weighted by molar-refractivity contribution is 7.15. The molecule has 0 spiro atoms. The Morgan fingerprint density at radius 3 is 2.44 bits per heavy atom. The molecular formula is C21H20FN3OS. The maximum absolute atomic E-state index is 13.0. The minimum atomic E-state index is -0.316. The Balaban J connectivity index is 1.35. The molecule has 1 aromatic heterocycles. The van der Waals surface area contributed by atoms with Gasteiger partial charge in [-0.05, 0) is 42.7 Å². The standard InChI is InChI=1S/C21H20FN3OS/c22-18-8-6-16(7-9-18)20(26)17-10-12-25(13-11-17)21-24-23-19(27-21)14-15-4-2-1-3-5-15/h1-9,17H,10-14H2. The molecule has 4 nitrogen and oxygen atoms in total. The van der Waals surface area contributed by atoms with Gasteiger partial charge in [0.2, 0.25) is 5.13 Å². The Labute approximate surface area is 161 Å². The molecule has 0 saturated carbocycles. The molecule has 0 unspecified atom stereocenters. The largest absolute Gasteiger partial charge is 0.347 e. The smallest absolute Gasteiger partial charge is 0.208 e. The molecule has 0 radical (unpaired) electrons. The number of carbonyl (C=O) groups is 1. The van der Waals surface area contributed by atoms with Crippen molar-refractivity contribution >= 4 is 22.3 Å². The fourth-order valence-corrected chi connectivity index (χ4v) is 4.32. The summed E-state index contributed by atoms with van der Waals surface area (Å²) in [7, 11) is 0. The summed E-state index contributed by atoms with van der Waals surface area (Å²) >= 11 is 1.62. The van der Waals surface area contributed by atoms with E-state index >= 15 is 0 Å². The Hall–Kier alpha value is -2.60. The zero-order valence-corrected chi connectivity index (χ0v) is 15.7. The summed E-state index contributed by atoms with van der Waals surface area (Å²) in [6.45, 7) is 1.58. The molecule has 2 aromatic carbocycles. The van der Waals surface area contributed by atoms with Crippen LogP contribution < -0.4 is 4.90 Å². The van der Waals surface area contributed by atoms with Gasteiger partial charge in [0.05, 0.1) is 0 Å². The van der Waals surface area contributed by atoms with E-state index in [0.717, 1.165) is 42.5 Å². The summed E-state index contributed by atoms with van der Waals surface area (Å²) < 4.78 is 13.0. The van der Waals surface area contributed by atoms with E-state index in [1.54, 1.807) is 23.5 Å². The molecule has 0 N–H and O–H groups in total. The Kier molecular flexibility index (Phi) is 5.25. The van der Waals surface area contributed by atoms with E-state index in [-0.39, 0.29) is 17.5 Å². The van der Waals surface area contributed by atoms with Crippen molar-refractivity contribution in [1.29, 1.82) is 0 Å². The third-order valence-electron chi connectivity index (χ3n) is 4.92. The van der Waals surface area contributed by atoms with Crippen LogP contribution in [-0.2, 0) is 6.42 Å². The van der Waals surface area contributed by atoms with Crippen LogP contribution in [-0.4, -0.2) is 29.1 Å². The van der Waals surface area contributed by atoms with Crippen molar-refractivity contribution in [3.63, 3.8) is 0 Å². The van der Waals surface area contributed by atoms with Crippen LogP contribution in [0.4, 0.5) is 9.52 Å². The fourth-order valence-electron chi connectivity index (χ4n) is 3.40. The number of rotatable bonds is 5. The lowest BCUT2D eigenvalue weighted by molar-refractivity contribution is 0.0900. The molecule has 2 heterocycles. The van der Waals surface area contributed by atoms with Crippen molar-refractivity contribution < 1.29 is 9.18 Å².